The molecule has 1 aromatic heterocycles. The van der Waals surface area contributed by atoms with Crippen LogP contribution >= 0.6 is 0 Å². The van der Waals surface area contributed by atoms with E-state index >= 15 is 0 Å². The molecule has 0 N–H and O–H groups in total. The van der Waals surface area contributed by atoms with Crippen molar-refractivity contribution in [2.45, 2.75) is 20.4 Å². The molecule has 152 valence electrons. The van der Waals surface area contributed by atoms with Crippen molar-refractivity contribution < 1.29 is 14.3 Å². The maximum Gasteiger partial charge on any atom is 0.195 e. The lowest BCUT2D eigenvalue weighted by Crippen LogP contribution is -2.38. The molecule has 1 fully saturated rings. The molecule has 0 unspecified atom stereocenters. The van der Waals surface area contributed by atoms with E-state index in [1.807, 2.05) is 43.3 Å². The number of morpholine rings is 1. The number of rotatable bonds is 7. The second-order valence-electron chi connectivity index (χ2n) is 7.37. The molecule has 0 radical (unpaired) electrons. The summed E-state index contributed by atoms with van der Waals surface area (Å²) >= 11 is 0. The largest absolute Gasteiger partial charge is 0.494 e. The zero-order valence-electron chi connectivity index (χ0n) is 17.2. The van der Waals surface area contributed by atoms with Crippen LogP contribution in [0.4, 0.5) is 0 Å². The molecule has 2 aromatic carbocycles. The number of ether oxygens (including phenoxy) is 2. The predicted octanol–water partition coefficient (Wildman–Crippen LogP) is 3.91. The van der Waals surface area contributed by atoms with Crippen molar-refractivity contribution in [3.05, 3.63) is 65.4 Å². The normalized spacial score (nSPS) is 15.0. The minimum atomic E-state index is 0.0619. The lowest BCUT2D eigenvalue weighted by molar-refractivity contribution is 0.0365. The van der Waals surface area contributed by atoms with Crippen LogP contribution in [0, 0.1) is 6.92 Å². The molecule has 5 heteroatoms. The number of carbonyl (C=O) groups excluding carboxylic acids is 1. The number of ketones is 1. The summed E-state index contributed by atoms with van der Waals surface area (Å²) in [5.74, 6) is 0.848. The van der Waals surface area contributed by atoms with E-state index in [2.05, 4.69) is 28.5 Å². The third kappa shape index (κ3) is 4.07. The van der Waals surface area contributed by atoms with Crippen molar-refractivity contribution in [3.8, 4) is 5.75 Å². The fourth-order valence-corrected chi connectivity index (χ4v) is 4.09. The van der Waals surface area contributed by atoms with Crippen LogP contribution in [0.15, 0.2) is 48.5 Å². The van der Waals surface area contributed by atoms with E-state index in [4.69, 9.17) is 9.47 Å². The number of aromatic nitrogens is 1. The van der Waals surface area contributed by atoms with Crippen LogP contribution < -0.4 is 4.74 Å². The third-order valence-electron chi connectivity index (χ3n) is 5.63. The van der Waals surface area contributed by atoms with Gasteiger partial charge in [-0.2, -0.15) is 0 Å². The summed E-state index contributed by atoms with van der Waals surface area (Å²) in [6.45, 7) is 9.98. The van der Waals surface area contributed by atoms with E-state index in [0.29, 0.717) is 12.2 Å². The van der Waals surface area contributed by atoms with Gasteiger partial charge in [0, 0.05) is 48.3 Å². The Morgan fingerprint density at radius 3 is 2.48 bits per heavy atom. The second-order valence-corrected chi connectivity index (χ2v) is 7.37. The first-order chi connectivity index (χ1) is 14.2. The van der Waals surface area contributed by atoms with E-state index in [1.54, 1.807) is 0 Å². The fraction of sp³-hybridized carbons (Fsp3) is 0.375. The number of benzene rings is 2. The van der Waals surface area contributed by atoms with Gasteiger partial charge in [0.1, 0.15) is 5.75 Å². The molecule has 2 heterocycles. The molecule has 0 amide bonds. The highest BCUT2D eigenvalue weighted by atomic mass is 16.5. The molecule has 1 aliphatic rings. The molecule has 1 saturated heterocycles. The highest BCUT2D eigenvalue weighted by molar-refractivity contribution is 6.17. The van der Waals surface area contributed by atoms with Gasteiger partial charge in [-0.3, -0.25) is 9.69 Å². The molecule has 0 saturated carbocycles. The molecule has 0 bridgehead atoms. The Labute approximate surface area is 171 Å². The topological polar surface area (TPSA) is 43.7 Å². The Kier molecular flexibility index (Phi) is 5.97. The highest BCUT2D eigenvalue weighted by Crippen LogP contribution is 2.28. The molecule has 3 aromatic rings. The zero-order valence-corrected chi connectivity index (χ0v) is 17.2. The van der Waals surface area contributed by atoms with Crippen molar-refractivity contribution in [2.24, 2.45) is 0 Å². The molecule has 29 heavy (non-hydrogen) atoms. The van der Waals surface area contributed by atoms with Crippen LogP contribution in [0.1, 0.15) is 28.5 Å². The maximum atomic E-state index is 13.4. The van der Waals surface area contributed by atoms with Gasteiger partial charge in [-0.15, -0.1) is 0 Å². The number of nitrogens with zero attached hydrogens (tertiary/aromatic N) is 2. The van der Waals surface area contributed by atoms with Gasteiger partial charge in [-0.05, 0) is 44.2 Å². The van der Waals surface area contributed by atoms with Crippen LogP contribution in [0.3, 0.4) is 0 Å². The predicted molar refractivity (Wildman–Crippen MR) is 115 cm³/mol. The first-order valence-corrected chi connectivity index (χ1v) is 10.3. The number of para-hydroxylation sites is 1. The zero-order chi connectivity index (χ0) is 20.2. The Bertz CT molecular complexity index is 985. The van der Waals surface area contributed by atoms with E-state index in [1.165, 1.54) is 0 Å². The quantitative estimate of drug-likeness (QED) is 0.572. The van der Waals surface area contributed by atoms with Gasteiger partial charge in [0.25, 0.3) is 0 Å². The van der Waals surface area contributed by atoms with Crippen LogP contribution in [-0.2, 0) is 11.3 Å². The summed E-state index contributed by atoms with van der Waals surface area (Å²) in [7, 11) is 0. The number of carbonyl (C=O) groups is 1. The van der Waals surface area contributed by atoms with Crippen LogP contribution in [0.25, 0.3) is 10.9 Å². The molecule has 0 atom stereocenters. The summed E-state index contributed by atoms with van der Waals surface area (Å²) in [4.78, 5) is 15.8. The van der Waals surface area contributed by atoms with E-state index in [0.717, 1.165) is 67.3 Å². The van der Waals surface area contributed by atoms with E-state index < -0.39 is 0 Å². The molecular weight excluding hydrogens is 364 g/mol. The van der Waals surface area contributed by atoms with Crippen LogP contribution in [0.5, 0.6) is 5.75 Å². The van der Waals surface area contributed by atoms with Crippen LogP contribution in [0.2, 0.25) is 0 Å². The summed E-state index contributed by atoms with van der Waals surface area (Å²) in [5.41, 5.74) is 3.63. The van der Waals surface area contributed by atoms with Gasteiger partial charge in [0.2, 0.25) is 0 Å². The number of fused-ring (bicyclic) bond motifs is 1. The molecule has 1 aliphatic heterocycles. The van der Waals surface area contributed by atoms with Gasteiger partial charge in [0.15, 0.2) is 5.78 Å². The van der Waals surface area contributed by atoms with Crippen molar-refractivity contribution in [1.82, 2.24) is 9.47 Å². The smallest absolute Gasteiger partial charge is 0.195 e. The molecule has 5 nitrogen and oxygen atoms in total. The molecule has 4 rings (SSSR count). The number of hydrogen-bond acceptors (Lipinski definition) is 4. The van der Waals surface area contributed by atoms with E-state index in [-0.39, 0.29) is 5.78 Å². The summed E-state index contributed by atoms with van der Waals surface area (Å²) < 4.78 is 13.2. The standard InChI is InChI=1S/C24H28N2O3/c1-3-29-20-10-8-19(9-11-20)24(27)23-18(2)26(22-7-5-4-6-21(22)23)13-12-25-14-16-28-17-15-25/h4-11H,3,12-17H2,1-2H3. The average molecular weight is 392 g/mol. The summed E-state index contributed by atoms with van der Waals surface area (Å²) in [5, 5.41) is 1.02. The first-order valence-electron chi connectivity index (χ1n) is 10.3. The summed E-state index contributed by atoms with van der Waals surface area (Å²) in [6.07, 6.45) is 0. The van der Waals surface area contributed by atoms with Gasteiger partial charge in [-0.25, -0.2) is 0 Å². The Hall–Kier alpha value is -2.63. The van der Waals surface area contributed by atoms with Gasteiger partial charge >= 0.3 is 0 Å². The van der Waals surface area contributed by atoms with Crippen molar-refractivity contribution >= 4 is 16.7 Å². The summed E-state index contributed by atoms with van der Waals surface area (Å²) in [6, 6.07) is 15.6. The molecular formula is C24H28N2O3. The van der Waals surface area contributed by atoms with Crippen molar-refractivity contribution in [3.63, 3.8) is 0 Å². The monoisotopic (exact) mass is 392 g/mol. The van der Waals surface area contributed by atoms with Gasteiger partial charge in [0.05, 0.1) is 25.4 Å². The Morgan fingerprint density at radius 2 is 1.76 bits per heavy atom. The fourth-order valence-electron chi connectivity index (χ4n) is 4.09. The SMILES string of the molecule is CCOc1ccc(C(=O)c2c(C)n(CCN3CCOCC3)c3ccccc23)cc1. The Morgan fingerprint density at radius 1 is 1.03 bits per heavy atom. The van der Waals surface area contributed by atoms with Crippen molar-refractivity contribution in [2.75, 3.05) is 39.5 Å². The van der Waals surface area contributed by atoms with Crippen LogP contribution in [-0.4, -0.2) is 54.7 Å². The number of hydrogen-bond donors (Lipinski definition) is 0. The Balaban J connectivity index is 1.65. The lowest BCUT2D eigenvalue weighted by atomic mass is 10.0. The minimum Gasteiger partial charge on any atom is -0.494 e. The van der Waals surface area contributed by atoms with E-state index in [9.17, 15) is 4.79 Å². The second kappa shape index (κ2) is 8.80. The molecule has 0 spiro atoms. The lowest BCUT2D eigenvalue weighted by Gasteiger charge is -2.27. The van der Waals surface area contributed by atoms with Crippen molar-refractivity contribution in [1.29, 1.82) is 0 Å². The van der Waals surface area contributed by atoms with Gasteiger partial charge < -0.3 is 14.0 Å². The third-order valence-corrected chi connectivity index (χ3v) is 5.63. The minimum absolute atomic E-state index is 0.0619. The maximum absolute atomic E-state index is 13.4. The first kappa shape index (κ1) is 19.7. The highest BCUT2D eigenvalue weighted by Gasteiger charge is 2.21. The molecule has 0 aliphatic carbocycles. The van der Waals surface area contributed by atoms with Gasteiger partial charge in [-0.1, -0.05) is 18.2 Å². The average Bonchev–Trinajstić information content (AvgIpc) is 3.04.